The molecule has 28 heavy (non-hydrogen) atoms. The summed E-state index contributed by atoms with van der Waals surface area (Å²) < 4.78 is 5.54. The minimum Gasteiger partial charge on any atom is -0.431 e. The fraction of sp³-hybridized carbons (Fsp3) is 0.100. The molecule has 0 amide bonds. The van der Waals surface area contributed by atoms with Crippen molar-refractivity contribution in [2.45, 2.75) is 5.92 Å². The van der Waals surface area contributed by atoms with E-state index < -0.39 is 22.4 Å². The van der Waals surface area contributed by atoms with Crippen molar-refractivity contribution >= 4 is 23.2 Å². The van der Waals surface area contributed by atoms with E-state index in [1.54, 1.807) is 36.4 Å². The van der Waals surface area contributed by atoms with Crippen molar-refractivity contribution in [3.05, 3.63) is 103 Å². The maximum absolute atomic E-state index is 13.3. The molecule has 0 saturated heterocycles. The van der Waals surface area contributed by atoms with Gasteiger partial charge in [-0.2, -0.15) is 0 Å². The zero-order valence-electron chi connectivity index (χ0n) is 14.6. The van der Waals surface area contributed by atoms with Crippen LogP contribution >= 0.6 is 11.6 Å². The van der Waals surface area contributed by atoms with Crippen LogP contribution in [0.1, 0.15) is 32.2 Å². The number of ether oxygens (including phenoxy) is 1. The summed E-state index contributed by atoms with van der Waals surface area (Å²) in [5.41, 5.74) is 0.268. The Balaban J connectivity index is 2.03. The summed E-state index contributed by atoms with van der Waals surface area (Å²) in [5, 5.41) is 14.8. The standard InChI is InChI=1S/C20H13ClN2O5/c1-22-20-16(23(26)27)14(12-8-4-5-9-13(12)21)15-17(24)10-6-2-3-7-11(10)18(25)19(15)28-20/h2-9,14,22H,1H3. The van der Waals surface area contributed by atoms with Gasteiger partial charge in [-0.3, -0.25) is 19.7 Å². The van der Waals surface area contributed by atoms with E-state index in [2.05, 4.69) is 5.32 Å². The molecule has 1 unspecified atom stereocenters. The van der Waals surface area contributed by atoms with Gasteiger partial charge in [0.1, 0.15) is 5.92 Å². The second-order valence-corrected chi connectivity index (χ2v) is 6.63. The van der Waals surface area contributed by atoms with Crippen molar-refractivity contribution in [3.63, 3.8) is 0 Å². The Kier molecular flexibility index (Phi) is 4.24. The normalized spacial score (nSPS) is 18.4. The number of nitrogens with zero attached hydrogens (tertiary/aromatic N) is 1. The van der Waals surface area contributed by atoms with Crippen LogP contribution in [0.15, 0.2) is 71.4 Å². The Morgan fingerprint density at radius 1 is 1.04 bits per heavy atom. The maximum Gasteiger partial charge on any atom is 0.317 e. The number of ketones is 2. The lowest BCUT2D eigenvalue weighted by molar-refractivity contribution is -0.433. The molecule has 0 fully saturated rings. The predicted molar refractivity (Wildman–Crippen MR) is 100 cm³/mol. The molecule has 7 nitrogen and oxygen atoms in total. The lowest BCUT2D eigenvalue weighted by Gasteiger charge is -2.30. The summed E-state index contributed by atoms with van der Waals surface area (Å²) >= 11 is 6.31. The molecule has 1 N–H and O–H groups in total. The Hall–Kier alpha value is -3.45. The third-order valence-corrected chi connectivity index (χ3v) is 5.09. The van der Waals surface area contributed by atoms with E-state index in [9.17, 15) is 19.7 Å². The van der Waals surface area contributed by atoms with Gasteiger partial charge in [0.05, 0.1) is 10.5 Å². The van der Waals surface area contributed by atoms with Crippen LogP contribution in [0.2, 0.25) is 5.02 Å². The van der Waals surface area contributed by atoms with Crippen LogP contribution in [0.3, 0.4) is 0 Å². The zero-order valence-corrected chi connectivity index (χ0v) is 15.3. The largest absolute Gasteiger partial charge is 0.431 e. The average molecular weight is 397 g/mol. The van der Waals surface area contributed by atoms with E-state index in [4.69, 9.17) is 16.3 Å². The SMILES string of the molecule is CNC1=C([N+](=O)[O-])C(c2ccccc2Cl)C2=C(O1)C(=O)c1ccccc1C2=O. The second kappa shape index (κ2) is 6.61. The van der Waals surface area contributed by atoms with Gasteiger partial charge in [-0.15, -0.1) is 0 Å². The van der Waals surface area contributed by atoms with Gasteiger partial charge in [-0.05, 0) is 11.6 Å². The summed E-state index contributed by atoms with van der Waals surface area (Å²) in [5.74, 6) is -2.57. The zero-order chi connectivity index (χ0) is 20.0. The lowest BCUT2D eigenvalue weighted by atomic mass is 9.77. The van der Waals surface area contributed by atoms with Crippen LogP contribution < -0.4 is 5.32 Å². The highest BCUT2D eigenvalue weighted by Gasteiger charge is 2.49. The first-order valence-corrected chi connectivity index (χ1v) is 8.74. The fourth-order valence-corrected chi connectivity index (χ4v) is 3.78. The third kappa shape index (κ3) is 2.51. The molecule has 0 spiro atoms. The minimum absolute atomic E-state index is 0.0810. The second-order valence-electron chi connectivity index (χ2n) is 6.22. The highest BCUT2D eigenvalue weighted by atomic mass is 35.5. The van der Waals surface area contributed by atoms with Gasteiger partial charge in [-0.25, -0.2) is 0 Å². The number of allylic oxidation sites excluding steroid dienone is 2. The Morgan fingerprint density at radius 3 is 2.25 bits per heavy atom. The van der Waals surface area contributed by atoms with Crippen molar-refractivity contribution in [1.29, 1.82) is 0 Å². The molecule has 0 radical (unpaired) electrons. The van der Waals surface area contributed by atoms with Crippen molar-refractivity contribution in [2.24, 2.45) is 0 Å². The molecule has 4 rings (SSSR count). The minimum atomic E-state index is -1.15. The number of fused-ring (bicyclic) bond motifs is 1. The highest BCUT2D eigenvalue weighted by molar-refractivity contribution is 6.32. The number of nitro groups is 1. The first-order valence-electron chi connectivity index (χ1n) is 8.36. The number of carbonyl (C=O) groups excluding carboxylic acids is 2. The van der Waals surface area contributed by atoms with Crippen molar-refractivity contribution < 1.29 is 19.2 Å². The van der Waals surface area contributed by atoms with E-state index in [0.717, 1.165) is 0 Å². The average Bonchev–Trinajstić information content (AvgIpc) is 2.70. The summed E-state index contributed by atoms with van der Waals surface area (Å²) in [6, 6.07) is 12.8. The molecule has 1 atom stereocenters. The van der Waals surface area contributed by atoms with Crippen LogP contribution in [0.5, 0.6) is 0 Å². The number of benzene rings is 2. The summed E-state index contributed by atoms with van der Waals surface area (Å²) in [6.07, 6.45) is 0. The molecule has 8 heteroatoms. The van der Waals surface area contributed by atoms with Crippen LogP contribution in [-0.2, 0) is 4.74 Å². The predicted octanol–water partition coefficient (Wildman–Crippen LogP) is 3.45. The van der Waals surface area contributed by atoms with E-state index in [-0.39, 0.29) is 39.1 Å². The van der Waals surface area contributed by atoms with Gasteiger partial charge in [-0.1, -0.05) is 54.1 Å². The summed E-state index contributed by atoms with van der Waals surface area (Å²) in [6.45, 7) is 0. The Labute approximate surface area is 164 Å². The van der Waals surface area contributed by atoms with Gasteiger partial charge >= 0.3 is 5.70 Å². The van der Waals surface area contributed by atoms with Crippen LogP contribution in [0.25, 0.3) is 0 Å². The third-order valence-electron chi connectivity index (χ3n) is 4.75. The first-order chi connectivity index (χ1) is 13.5. The van der Waals surface area contributed by atoms with E-state index in [1.807, 2.05) is 0 Å². The molecule has 0 bridgehead atoms. The van der Waals surface area contributed by atoms with Crippen LogP contribution in [-0.4, -0.2) is 23.5 Å². The quantitative estimate of drug-likeness (QED) is 0.630. The van der Waals surface area contributed by atoms with Crippen LogP contribution in [0, 0.1) is 10.1 Å². The maximum atomic E-state index is 13.3. The van der Waals surface area contributed by atoms with Gasteiger partial charge in [0.15, 0.2) is 11.5 Å². The topological polar surface area (TPSA) is 98.5 Å². The van der Waals surface area contributed by atoms with Crippen molar-refractivity contribution in [3.8, 4) is 0 Å². The molecule has 1 aliphatic heterocycles. The highest BCUT2D eigenvalue weighted by Crippen LogP contribution is 2.46. The number of carbonyl (C=O) groups is 2. The molecule has 0 aromatic heterocycles. The summed E-state index contributed by atoms with van der Waals surface area (Å²) in [7, 11) is 1.44. The monoisotopic (exact) mass is 396 g/mol. The number of nitrogens with one attached hydrogen (secondary N) is 1. The summed E-state index contributed by atoms with van der Waals surface area (Å²) in [4.78, 5) is 37.5. The molecule has 1 aliphatic carbocycles. The molecule has 140 valence electrons. The number of rotatable bonds is 3. The Morgan fingerprint density at radius 2 is 1.64 bits per heavy atom. The van der Waals surface area contributed by atoms with Crippen molar-refractivity contribution in [2.75, 3.05) is 7.05 Å². The van der Waals surface area contributed by atoms with E-state index in [0.29, 0.717) is 5.56 Å². The van der Waals surface area contributed by atoms with Gasteiger partial charge in [0, 0.05) is 23.2 Å². The lowest BCUT2D eigenvalue weighted by Crippen LogP contribution is -2.35. The van der Waals surface area contributed by atoms with Crippen LogP contribution in [0.4, 0.5) is 0 Å². The number of hydrogen-bond donors (Lipinski definition) is 1. The Bertz CT molecular complexity index is 1120. The molecular formula is C20H13ClN2O5. The van der Waals surface area contributed by atoms with Gasteiger partial charge < -0.3 is 10.1 Å². The number of Topliss-reactive ketones (excluding diaryl/α,β-unsaturated/α-hetero) is 2. The number of halogens is 1. The van der Waals surface area contributed by atoms with Crippen molar-refractivity contribution in [1.82, 2.24) is 5.32 Å². The first kappa shape index (κ1) is 17.9. The van der Waals surface area contributed by atoms with E-state index >= 15 is 0 Å². The smallest absolute Gasteiger partial charge is 0.317 e. The van der Waals surface area contributed by atoms with E-state index in [1.165, 1.54) is 19.2 Å². The molecule has 2 aliphatic rings. The molecule has 0 saturated carbocycles. The molecule has 2 aromatic rings. The molecule has 1 heterocycles. The molecule has 2 aromatic carbocycles. The molecular weight excluding hydrogens is 384 g/mol. The van der Waals surface area contributed by atoms with Gasteiger partial charge in [0.2, 0.25) is 5.78 Å². The number of hydrogen-bond acceptors (Lipinski definition) is 6. The fourth-order valence-electron chi connectivity index (χ4n) is 3.54. The van der Waals surface area contributed by atoms with Gasteiger partial charge in [0.25, 0.3) is 5.88 Å².